The molecular weight excluding hydrogens is 451 g/mol. The van der Waals surface area contributed by atoms with E-state index in [1.54, 1.807) is 6.07 Å². The zero-order valence-electron chi connectivity index (χ0n) is 19.0. The molecule has 180 valence electrons. The molecule has 1 atom stereocenters. The van der Waals surface area contributed by atoms with E-state index in [1.165, 1.54) is 11.9 Å². The summed E-state index contributed by atoms with van der Waals surface area (Å²) in [5.74, 6) is 0.749. The molecule has 0 saturated carbocycles. The van der Waals surface area contributed by atoms with Gasteiger partial charge in [0.1, 0.15) is 17.0 Å². The fraction of sp³-hybridized carbons (Fsp3) is 0.591. The Balaban J connectivity index is 1.49. The highest BCUT2D eigenvalue weighted by Crippen LogP contribution is 2.34. The molecule has 0 aliphatic carbocycles. The van der Waals surface area contributed by atoms with Crippen LogP contribution in [0.1, 0.15) is 29.7 Å². The number of likely N-dealkylation sites (N-methyl/N-ethyl adjacent to an activating group) is 1. The first-order valence-corrected chi connectivity index (χ1v) is 12.1. The number of rotatable bonds is 8. The highest BCUT2D eigenvalue weighted by molar-refractivity contribution is 7.18. The van der Waals surface area contributed by atoms with Gasteiger partial charge in [0, 0.05) is 62.5 Å². The third kappa shape index (κ3) is 6.21. The number of fused-ring (bicyclic) bond motifs is 1. The van der Waals surface area contributed by atoms with Crippen molar-refractivity contribution in [1.29, 1.82) is 0 Å². The van der Waals surface area contributed by atoms with Gasteiger partial charge in [0.2, 0.25) is 0 Å². The molecule has 1 aliphatic rings. The van der Waals surface area contributed by atoms with Crippen molar-refractivity contribution in [3.63, 3.8) is 0 Å². The van der Waals surface area contributed by atoms with Crippen LogP contribution in [0.25, 0.3) is 10.2 Å². The van der Waals surface area contributed by atoms with Crippen molar-refractivity contribution in [2.45, 2.75) is 44.4 Å². The Labute approximate surface area is 195 Å². The molecule has 1 unspecified atom stereocenters. The van der Waals surface area contributed by atoms with E-state index in [0.29, 0.717) is 10.9 Å². The molecule has 0 amide bonds. The molecule has 1 N–H and O–H groups in total. The number of halogens is 3. The van der Waals surface area contributed by atoms with Crippen molar-refractivity contribution in [2.75, 3.05) is 38.1 Å². The lowest BCUT2D eigenvalue weighted by Crippen LogP contribution is -2.39. The summed E-state index contributed by atoms with van der Waals surface area (Å²) in [6, 6.07) is 2.04. The van der Waals surface area contributed by atoms with E-state index in [4.69, 9.17) is 0 Å². The Morgan fingerprint density at radius 3 is 2.82 bits per heavy atom. The van der Waals surface area contributed by atoms with Crippen molar-refractivity contribution in [3.05, 3.63) is 35.2 Å². The van der Waals surface area contributed by atoms with Crippen molar-refractivity contribution in [3.8, 4) is 0 Å². The molecule has 4 rings (SSSR count). The first-order chi connectivity index (χ1) is 15.8. The van der Waals surface area contributed by atoms with Crippen LogP contribution in [0.3, 0.4) is 0 Å². The maximum atomic E-state index is 12.9. The monoisotopic (exact) mass is 481 g/mol. The Morgan fingerprint density at radius 1 is 1.24 bits per heavy atom. The van der Waals surface area contributed by atoms with Gasteiger partial charge in [-0.05, 0) is 32.4 Å². The van der Waals surface area contributed by atoms with Gasteiger partial charge in [-0.1, -0.05) is 0 Å². The summed E-state index contributed by atoms with van der Waals surface area (Å²) in [7, 11) is 3.89. The van der Waals surface area contributed by atoms with Crippen LogP contribution in [0.5, 0.6) is 0 Å². The molecule has 0 spiro atoms. The molecule has 3 aromatic rings. The summed E-state index contributed by atoms with van der Waals surface area (Å²) >= 11 is 1.10. The van der Waals surface area contributed by atoms with Gasteiger partial charge in [0.25, 0.3) is 0 Å². The van der Waals surface area contributed by atoms with Gasteiger partial charge < -0.3 is 10.2 Å². The van der Waals surface area contributed by atoms with Crippen LogP contribution < -0.4 is 10.2 Å². The number of aryl methyl sites for hydroxylation is 1. The van der Waals surface area contributed by atoms with Gasteiger partial charge in [-0.2, -0.15) is 18.3 Å². The zero-order valence-corrected chi connectivity index (χ0v) is 19.8. The molecule has 4 heterocycles. The van der Waals surface area contributed by atoms with Crippen LogP contribution in [0.4, 0.5) is 19.0 Å². The second-order valence-corrected chi connectivity index (χ2v) is 9.70. The molecule has 11 heteroatoms. The predicted octanol–water partition coefficient (Wildman–Crippen LogP) is 3.61. The number of anilines is 1. The SMILES string of the molecule is CNCCN(Cc1cnn(C)c1)C1CCCN(c2ncnc3sc(CC(F)(F)F)cc23)CC1. The lowest BCUT2D eigenvalue weighted by atomic mass is 10.1. The van der Waals surface area contributed by atoms with Crippen molar-refractivity contribution in [2.24, 2.45) is 7.05 Å². The Morgan fingerprint density at radius 2 is 2.09 bits per heavy atom. The van der Waals surface area contributed by atoms with E-state index >= 15 is 0 Å². The minimum Gasteiger partial charge on any atom is -0.356 e. The summed E-state index contributed by atoms with van der Waals surface area (Å²) < 4.78 is 40.5. The van der Waals surface area contributed by atoms with Crippen molar-refractivity contribution in [1.82, 2.24) is 30.0 Å². The number of nitrogens with one attached hydrogen (secondary N) is 1. The minimum absolute atomic E-state index is 0.279. The van der Waals surface area contributed by atoms with E-state index < -0.39 is 12.6 Å². The number of thiophene rings is 1. The number of hydrogen-bond donors (Lipinski definition) is 1. The molecule has 7 nitrogen and oxygen atoms in total. The molecule has 1 fully saturated rings. The fourth-order valence-corrected chi connectivity index (χ4v) is 5.54. The Hall–Kier alpha value is -2.24. The van der Waals surface area contributed by atoms with Crippen LogP contribution in [0, 0.1) is 0 Å². The Kier molecular flexibility index (Phi) is 7.50. The average Bonchev–Trinajstić information content (AvgIpc) is 3.26. The molecule has 3 aromatic heterocycles. The van der Waals surface area contributed by atoms with Gasteiger partial charge >= 0.3 is 6.18 Å². The van der Waals surface area contributed by atoms with Gasteiger partial charge in [-0.25, -0.2) is 9.97 Å². The number of hydrogen-bond acceptors (Lipinski definition) is 7. The van der Waals surface area contributed by atoms with E-state index in [0.717, 1.165) is 74.5 Å². The third-order valence-electron chi connectivity index (χ3n) is 6.04. The lowest BCUT2D eigenvalue weighted by molar-refractivity contribution is -0.126. The van der Waals surface area contributed by atoms with Crippen LogP contribution >= 0.6 is 11.3 Å². The topological polar surface area (TPSA) is 62.1 Å². The quantitative estimate of drug-likeness (QED) is 0.531. The molecule has 0 bridgehead atoms. The van der Waals surface area contributed by atoms with E-state index in [-0.39, 0.29) is 4.88 Å². The molecule has 1 aliphatic heterocycles. The summed E-state index contributed by atoms with van der Waals surface area (Å²) in [4.78, 5) is 14.3. The number of nitrogens with zero attached hydrogens (tertiary/aromatic N) is 6. The summed E-state index contributed by atoms with van der Waals surface area (Å²) in [6.07, 6.45) is 3.32. The summed E-state index contributed by atoms with van der Waals surface area (Å²) in [5.41, 5.74) is 1.20. The van der Waals surface area contributed by atoms with Crippen LogP contribution in [0.15, 0.2) is 24.8 Å². The molecule has 0 radical (unpaired) electrons. The first-order valence-electron chi connectivity index (χ1n) is 11.2. The standard InChI is InChI=1S/C22H30F3N7S/c1-26-6-9-32(14-16-12-29-30(2)13-16)17-4-3-7-31(8-5-17)20-19-10-18(11-22(23,24)25)33-21(19)28-15-27-20/h10,12-13,15,17,26H,3-9,11,14H2,1-2H3. The number of alkyl halides is 3. The second kappa shape index (κ2) is 10.4. The van der Waals surface area contributed by atoms with Crippen LogP contribution in [-0.2, 0) is 20.0 Å². The van der Waals surface area contributed by atoms with Gasteiger partial charge in [0.05, 0.1) is 18.0 Å². The molecule has 0 aromatic carbocycles. The highest BCUT2D eigenvalue weighted by Gasteiger charge is 2.30. The van der Waals surface area contributed by atoms with E-state index in [9.17, 15) is 13.2 Å². The zero-order chi connectivity index (χ0) is 23.4. The van der Waals surface area contributed by atoms with Crippen molar-refractivity contribution < 1.29 is 13.2 Å². The third-order valence-corrected chi connectivity index (χ3v) is 7.08. The first kappa shape index (κ1) is 23.9. The van der Waals surface area contributed by atoms with Crippen molar-refractivity contribution >= 4 is 27.4 Å². The van der Waals surface area contributed by atoms with E-state index in [1.807, 2.05) is 25.0 Å². The highest BCUT2D eigenvalue weighted by atomic mass is 32.1. The van der Waals surface area contributed by atoms with E-state index in [2.05, 4.69) is 36.4 Å². The summed E-state index contributed by atoms with van der Waals surface area (Å²) in [6.45, 7) is 4.34. The van der Waals surface area contributed by atoms with Gasteiger partial charge in [-0.15, -0.1) is 11.3 Å². The predicted molar refractivity (Wildman–Crippen MR) is 125 cm³/mol. The average molecular weight is 482 g/mol. The molecule has 33 heavy (non-hydrogen) atoms. The minimum atomic E-state index is -4.23. The second-order valence-electron chi connectivity index (χ2n) is 8.59. The fourth-order valence-electron chi connectivity index (χ4n) is 4.52. The molecular formula is C22H30F3N7S. The normalized spacial score (nSPS) is 17.8. The smallest absolute Gasteiger partial charge is 0.356 e. The maximum Gasteiger partial charge on any atom is 0.393 e. The van der Waals surface area contributed by atoms with Crippen LogP contribution in [0.2, 0.25) is 0 Å². The lowest BCUT2D eigenvalue weighted by Gasteiger charge is -2.31. The largest absolute Gasteiger partial charge is 0.393 e. The maximum absolute atomic E-state index is 12.9. The Bertz CT molecular complexity index is 1050. The summed E-state index contributed by atoms with van der Waals surface area (Å²) in [5, 5.41) is 8.27. The molecule has 1 saturated heterocycles. The van der Waals surface area contributed by atoms with Crippen LogP contribution in [-0.4, -0.2) is 70.1 Å². The van der Waals surface area contributed by atoms with Gasteiger partial charge in [-0.3, -0.25) is 9.58 Å². The number of aromatic nitrogens is 4. The van der Waals surface area contributed by atoms with Gasteiger partial charge in [0.15, 0.2) is 0 Å².